The van der Waals surface area contributed by atoms with Crippen LogP contribution in [-0.2, 0) is 10.4 Å². The highest BCUT2D eigenvalue weighted by molar-refractivity contribution is 5.79. The first kappa shape index (κ1) is 18.1. The molecule has 3 aromatic carbocycles. The minimum absolute atomic E-state index is 0.325. The Kier molecular flexibility index (Phi) is 4.78. The number of anilines is 1. The van der Waals surface area contributed by atoms with Gasteiger partial charge in [-0.3, -0.25) is 0 Å². The van der Waals surface area contributed by atoms with Crippen LogP contribution in [0.15, 0.2) is 78.9 Å². The van der Waals surface area contributed by atoms with Crippen LogP contribution in [-0.4, -0.2) is 17.6 Å². The molecule has 1 heterocycles. The summed E-state index contributed by atoms with van der Waals surface area (Å²) in [6.07, 6.45) is 1.02. The Morgan fingerprint density at radius 2 is 1.68 bits per heavy atom. The van der Waals surface area contributed by atoms with Crippen molar-refractivity contribution < 1.29 is 14.6 Å². The zero-order valence-electron chi connectivity index (χ0n) is 15.8. The Labute approximate surface area is 164 Å². The Morgan fingerprint density at radius 1 is 1.00 bits per heavy atom. The quantitative estimate of drug-likeness (QED) is 0.660. The molecule has 0 saturated heterocycles. The van der Waals surface area contributed by atoms with Gasteiger partial charge in [-0.2, -0.15) is 0 Å². The van der Waals surface area contributed by atoms with E-state index in [0.29, 0.717) is 17.2 Å². The molecular weight excluding hydrogens is 350 g/mol. The zero-order chi connectivity index (χ0) is 19.6. The van der Waals surface area contributed by atoms with E-state index in [2.05, 4.69) is 23.5 Å². The van der Waals surface area contributed by atoms with Gasteiger partial charge in [0, 0.05) is 23.7 Å². The van der Waals surface area contributed by atoms with E-state index in [1.807, 2.05) is 48.5 Å². The molecule has 2 atom stereocenters. The third-order valence-electron chi connectivity index (χ3n) is 5.42. The minimum atomic E-state index is -1.44. The second-order valence-corrected chi connectivity index (χ2v) is 7.23. The summed E-state index contributed by atoms with van der Waals surface area (Å²) in [4.78, 5) is 11.9. The van der Waals surface area contributed by atoms with Crippen LogP contribution in [0.4, 0.5) is 5.69 Å². The number of aliphatic carboxylic acids is 1. The van der Waals surface area contributed by atoms with Crippen molar-refractivity contribution in [1.82, 2.24) is 0 Å². The second kappa shape index (κ2) is 7.39. The van der Waals surface area contributed by atoms with Crippen LogP contribution in [0.3, 0.4) is 0 Å². The minimum Gasteiger partial charge on any atom is -0.478 e. The van der Waals surface area contributed by atoms with Crippen molar-refractivity contribution in [2.24, 2.45) is 0 Å². The highest BCUT2D eigenvalue weighted by Gasteiger charge is 2.37. The maximum Gasteiger partial charge on any atom is 0.352 e. The number of carboxylic acid groups (broad SMARTS) is 1. The molecule has 4 heteroatoms. The van der Waals surface area contributed by atoms with Gasteiger partial charge in [0.25, 0.3) is 0 Å². The number of fused-ring (bicyclic) bond motifs is 1. The smallest absolute Gasteiger partial charge is 0.352 e. The average Bonchev–Trinajstić information content (AvgIpc) is 2.74. The highest BCUT2D eigenvalue weighted by atomic mass is 16.5. The van der Waals surface area contributed by atoms with Crippen molar-refractivity contribution >= 4 is 11.7 Å². The van der Waals surface area contributed by atoms with Gasteiger partial charge in [-0.1, -0.05) is 60.7 Å². The van der Waals surface area contributed by atoms with E-state index in [1.54, 1.807) is 19.1 Å². The maximum absolute atomic E-state index is 11.9. The van der Waals surface area contributed by atoms with E-state index >= 15 is 0 Å². The SMILES string of the molecule is CC(Oc1ccc(C2CCNc3ccccc32)cc1)(C(=O)O)c1ccccc1. The molecule has 0 aliphatic carbocycles. The first-order chi connectivity index (χ1) is 13.6. The lowest BCUT2D eigenvalue weighted by atomic mass is 9.85. The number of carbonyl (C=O) groups is 1. The summed E-state index contributed by atoms with van der Waals surface area (Å²) in [6.45, 7) is 2.52. The molecule has 0 spiro atoms. The van der Waals surface area contributed by atoms with E-state index in [4.69, 9.17) is 4.74 Å². The fourth-order valence-electron chi connectivity index (χ4n) is 3.80. The van der Waals surface area contributed by atoms with Crippen LogP contribution < -0.4 is 10.1 Å². The van der Waals surface area contributed by atoms with Crippen LogP contribution in [0.5, 0.6) is 5.75 Å². The molecule has 1 aliphatic heterocycles. The molecule has 1 aliphatic rings. The third kappa shape index (κ3) is 3.33. The number of hydrogen-bond donors (Lipinski definition) is 2. The van der Waals surface area contributed by atoms with Crippen LogP contribution in [0.25, 0.3) is 0 Å². The van der Waals surface area contributed by atoms with Gasteiger partial charge in [-0.05, 0) is 42.7 Å². The van der Waals surface area contributed by atoms with E-state index in [1.165, 1.54) is 16.8 Å². The predicted octanol–water partition coefficient (Wildman–Crippen LogP) is 5.01. The Hall–Kier alpha value is -3.27. The normalized spacial score (nSPS) is 17.7. The van der Waals surface area contributed by atoms with Crippen molar-refractivity contribution in [3.8, 4) is 5.75 Å². The summed E-state index contributed by atoms with van der Waals surface area (Å²) in [5, 5.41) is 13.2. The van der Waals surface area contributed by atoms with Gasteiger partial charge in [0.15, 0.2) is 0 Å². The summed E-state index contributed by atoms with van der Waals surface area (Å²) < 4.78 is 5.95. The van der Waals surface area contributed by atoms with Crippen molar-refractivity contribution in [3.63, 3.8) is 0 Å². The molecule has 0 bridgehead atoms. The van der Waals surface area contributed by atoms with E-state index in [0.717, 1.165) is 13.0 Å². The lowest BCUT2D eigenvalue weighted by Gasteiger charge is -2.28. The van der Waals surface area contributed by atoms with Crippen LogP contribution >= 0.6 is 0 Å². The number of ether oxygens (including phenoxy) is 1. The molecule has 4 nitrogen and oxygen atoms in total. The maximum atomic E-state index is 11.9. The van der Waals surface area contributed by atoms with Gasteiger partial charge in [0.2, 0.25) is 5.60 Å². The van der Waals surface area contributed by atoms with Crippen molar-refractivity contribution in [2.75, 3.05) is 11.9 Å². The van der Waals surface area contributed by atoms with E-state index < -0.39 is 11.6 Å². The topological polar surface area (TPSA) is 58.6 Å². The molecule has 2 N–H and O–H groups in total. The monoisotopic (exact) mass is 373 g/mol. The van der Waals surface area contributed by atoms with Crippen LogP contribution in [0.1, 0.15) is 36.0 Å². The Bertz CT molecular complexity index is 969. The number of para-hydroxylation sites is 1. The first-order valence-corrected chi connectivity index (χ1v) is 9.48. The van der Waals surface area contributed by atoms with Gasteiger partial charge in [0.1, 0.15) is 5.75 Å². The standard InChI is InChI=1S/C24H23NO3/c1-24(23(26)27,18-7-3-2-4-8-18)28-19-13-11-17(12-14-19)20-15-16-25-22-10-6-5-9-21(20)22/h2-14,20,25H,15-16H2,1H3,(H,26,27). The molecule has 0 aromatic heterocycles. The summed E-state index contributed by atoms with van der Waals surface area (Å²) in [6, 6.07) is 25.2. The molecule has 28 heavy (non-hydrogen) atoms. The van der Waals surface area contributed by atoms with Gasteiger partial charge >= 0.3 is 5.97 Å². The molecule has 2 unspecified atom stereocenters. The lowest BCUT2D eigenvalue weighted by Crippen LogP contribution is -2.38. The summed E-state index contributed by atoms with van der Waals surface area (Å²) >= 11 is 0. The molecule has 0 saturated carbocycles. The van der Waals surface area contributed by atoms with Gasteiger partial charge < -0.3 is 15.2 Å². The molecular formula is C24H23NO3. The Morgan fingerprint density at radius 3 is 2.39 bits per heavy atom. The molecule has 142 valence electrons. The van der Waals surface area contributed by atoms with Crippen LogP contribution in [0.2, 0.25) is 0 Å². The fourth-order valence-corrected chi connectivity index (χ4v) is 3.80. The Balaban J connectivity index is 1.60. The van der Waals surface area contributed by atoms with E-state index in [9.17, 15) is 9.90 Å². The molecule has 0 radical (unpaired) electrons. The third-order valence-corrected chi connectivity index (χ3v) is 5.42. The fraction of sp³-hybridized carbons (Fsp3) is 0.208. The van der Waals surface area contributed by atoms with Gasteiger partial charge in [-0.25, -0.2) is 4.79 Å². The summed E-state index contributed by atoms with van der Waals surface area (Å²) in [5.74, 6) is -0.152. The highest BCUT2D eigenvalue weighted by Crippen LogP contribution is 2.37. The van der Waals surface area contributed by atoms with Crippen molar-refractivity contribution in [3.05, 3.63) is 95.6 Å². The lowest BCUT2D eigenvalue weighted by molar-refractivity contribution is -0.154. The first-order valence-electron chi connectivity index (χ1n) is 9.48. The number of benzene rings is 3. The molecule has 3 aromatic rings. The summed E-state index contributed by atoms with van der Waals surface area (Å²) in [7, 11) is 0. The molecule has 4 rings (SSSR count). The largest absolute Gasteiger partial charge is 0.478 e. The average molecular weight is 373 g/mol. The van der Waals surface area contributed by atoms with Gasteiger partial charge in [-0.15, -0.1) is 0 Å². The van der Waals surface area contributed by atoms with Gasteiger partial charge in [0.05, 0.1) is 0 Å². The van der Waals surface area contributed by atoms with Crippen molar-refractivity contribution in [1.29, 1.82) is 0 Å². The zero-order valence-corrected chi connectivity index (χ0v) is 15.8. The molecule has 0 amide bonds. The van der Waals surface area contributed by atoms with E-state index in [-0.39, 0.29) is 0 Å². The predicted molar refractivity (Wildman–Crippen MR) is 110 cm³/mol. The van der Waals surface area contributed by atoms with Crippen LogP contribution in [0, 0.1) is 0 Å². The number of hydrogen-bond acceptors (Lipinski definition) is 3. The number of rotatable bonds is 5. The second-order valence-electron chi connectivity index (χ2n) is 7.23. The summed E-state index contributed by atoms with van der Waals surface area (Å²) in [5.41, 5.74) is 2.85. The van der Waals surface area contributed by atoms with Crippen molar-refractivity contribution in [2.45, 2.75) is 24.9 Å². The molecule has 0 fully saturated rings. The number of nitrogens with one attached hydrogen (secondary N) is 1. The number of carboxylic acids is 1.